The van der Waals surface area contributed by atoms with Gasteiger partial charge in [0.2, 0.25) is 5.91 Å². The van der Waals surface area contributed by atoms with Gasteiger partial charge in [0.15, 0.2) is 0 Å². The van der Waals surface area contributed by atoms with E-state index in [2.05, 4.69) is 10.6 Å². The summed E-state index contributed by atoms with van der Waals surface area (Å²) in [7, 11) is 0. The van der Waals surface area contributed by atoms with Crippen LogP contribution < -0.4 is 15.5 Å². The number of amides is 2. The van der Waals surface area contributed by atoms with E-state index in [0.717, 1.165) is 11.3 Å². The number of morpholine rings is 1. The first-order valence-corrected chi connectivity index (χ1v) is 10.9. The van der Waals surface area contributed by atoms with Gasteiger partial charge in [0.05, 0.1) is 24.6 Å². The fraction of sp³-hybridized carbons (Fsp3) is 0.231. The van der Waals surface area contributed by atoms with E-state index in [0.29, 0.717) is 44.0 Å². The number of hydrogen-bond acceptors (Lipinski definition) is 4. The zero-order chi connectivity index (χ0) is 23.0. The third kappa shape index (κ3) is 5.96. The molecule has 2 amide bonds. The molecule has 1 saturated heterocycles. The Hall–Kier alpha value is -3.71. The summed E-state index contributed by atoms with van der Waals surface area (Å²) in [5.74, 6) is -1.21. The monoisotopic (exact) mass is 447 g/mol. The highest BCUT2D eigenvalue weighted by Crippen LogP contribution is 2.28. The Labute approximate surface area is 192 Å². The lowest BCUT2D eigenvalue weighted by Gasteiger charge is -2.31. The lowest BCUT2D eigenvalue weighted by atomic mass is 10.0. The third-order valence-electron chi connectivity index (χ3n) is 5.51. The molecule has 0 bridgehead atoms. The van der Waals surface area contributed by atoms with Crippen molar-refractivity contribution in [3.8, 4) is 0 Å². The van der Waals surface area contributed by atoms with Crippen molar-refractivity contribution in [1.82, 2.24) is 5.32 Å². The van der Waals surface area contributed by atoms with Gasteiger partial charge in [-0.3, -0.25) is 9.59 Å². The van der Waals surface area contributed by atoms with Gasteiger partial charge < -0.3 is 20.3 Å². The predicted octanol–water partition coefficient (Wildman–Crippen LogP) is 3.64. The fourth-order valence-electron chi connectivity index (χ4n) is 3.80. The molecule has 4 rings (SSSR count). The van der Waals surface area contributed by atoms with E-state index in [9.17, 15) is 14.0 Å². The number of carbonyl (C=O) groups is 2. The molecule has 1 heterocycles. The molecule has 6 nitrogen and oxygen atoms in total. The molecule has 7 heteroatoms. The summed E-state index contributed by atoms with van der Waals surface area (Å²) in [6.07, 6.45) is 0.299. The van der Waals surface area contributed by atoms with Crippen LogP contribution in [0.5, 0.6) is 0 Å². The van der Waals surface area contributed by atoms with E-state index in [-0.39, 0.29) is 5.91 Å². The summed E-state index contributed by atoms with van der Waals surface area (Å²) in [5, 5.41) is 5.69. The van der Waals surface area contributed by atoms with Crippen molar-refractivity contribution in [3.63, 3.8) is 0 Å². The highest BCUT2D eigenvalue weighted by molar-refractivity contribution is 6.02. The maximum Gasteiger partial charge on any atom is 0.251 e. The summed E-state index contributed by atoms with van der Waals surface area (Å²) in [6.45, 7) is 2.42. The van der Waals surface area contributed by atoms with Gasteiger partial charge in [-0.2, -0.15) is 0 Å². The molecule has 3 aromatic carbocycles. The van der Waals surface area contributed by atoms with E-state index in [1.54, 1.807) is 30.3 Å². The van der Waals surface area contributed by atoms with Crippen LogP contribution in [0.4, 0.5) is 15.8 Å². The zero-order valence-electron chi connectivity index (χ0n) is 18.2. The first-order valence-electron chi connectivity index (χ1n) is 10.9. The maximum absolute atomic E-state index is 14.1. The summed E-state index contributed by atoms with van der Waals surface area (Å²) in [6, 6.07) is 21.7. The van der Waals surface area contributed by atoms with Gasteiger partial charge in [0, 0.05) is 25.1 Å². The van der Waals surface area contributed by atoms with Crippen LogP contribution >= 0.6 is 0 Å². The second kappa shape index (κ2) is 10.7. The Morgan fingerprint density at radius 1 is 0.939 bits per heavy atom. The molecule has 0 aliphatic carbocycles. The van der Waals surface area contributed by atoms with Crippen molar-refractivity contribution in [1.29, 1.82) is 0 Å². The molecule has 1 aliphatic heterocycles. The van der Waals surface area contributed by atoms with Crippen LogP contribution in [0.15, 0.2) is 78.9 Å². The normalized spacial score (nSPS) is 14.4. The molecule has 0 radical (unpaired) electrons. The molecule has 1 atom stereocenters. The van der Waals surface area contributed by atoms with Crippen molar-refractivity contribution < 1.29 is 18.7 Å². The minimum atomic E-state index is -0.846. The van der Waals surface area contributed by atoms with Crippen LogP contribution in [0.2, 0.25) is 0 Å². The second-order valence-corrected chi connectivity index (χ2v) is 7.83. The van der Waals surface area contributed by atoms with Gasteiger partial charge in [-0.15, -0.1) is 0 Å². The number of nitrogens with zero attached hydrogens (tertiary/aromatic N) is 1. The van der Waals surface area contributed by atoms with Gasteiger partial charge in [-0.05, 0) is 35.9 Å². The summed E-state index contributed by atoms with van der Waals surface area (Å²) in [4.78, 5) is 28.2. The molecule has 1 fully saturated rings. The van der Waals surface area contributed by atoms with Gasteiger partial charge in [-0.1, -0.05) is 48.5 Å². The average Bonchev–Trinajstić information content (AvgIpc) is 2.85. The molecule has 1 aliphatic rings. The number of anilines is 2. The first kappa shape index (κ1) is 22.5. The van der Waals surface area contributed by atoms with Crippen LogP contribution in [0.1, 0.15) is 15.9 Å². The highest BCUT2D eigenvalue weighted by Gasteiger charge is 2.24. The Bertz CT molecular complexity index is 1090. The van der Waals surface area contributed by atoms with Gasteiger partial charge in [0.1, 0.15) is 11.9 Å². The smallest absolute Gasteiger partial charge is 0.251 e. The van der Waals surface area contributed by atoms with Gasteiger partial charge in [0.25, 0.3) is 5.91 Å². The Morgan fingerprint density at radius 2 is 1.61 bits per heavy atom. The Balaban J connectivity index is 1.57. The Kier molecular flexibility index (Phi) is 7.32. The SMILES string of the molecule is O=C(NC(Cc1ccccc1)C(=O)Nc1cc(F)ccc1N1CCOCC1)c1ccccc1. The molecule has 1 unspecified atom stereocenters. The van der Waals surface area contributed by atoms with Crippen LogP contribution in [0.3, 0.4) is 0 Å². The molecule has 2 N–H and O–H groups in total. The van der Waals surface area contributed by atoms with Gasteiger partial charge in [-0.25, -0.2) is 4.39 Å². The van der Waals surface area contributed by atoms with Crippen LogP contribution in [0, 0.1) is 5.82 Å². The molecule has 0 saturated carbocycles. The highest BCUT2D eigenvalue weighted by atomic mass is 19.1. The first-order chi connectivity index (χ1) is 16.1. The topological polar surface area (TPSA) is 70.7 Å². The van der Waals surface area contributed by atoms with Crippen molar-refractivity contribution in [2.24, 2.45) is 0 Å². The lowest BCUT2D eigenvalue weighted by molar-refractivity contribution is -0.118. The number of rotatable bonds is 7. The molecule has 0 aromatic heterocycles. The van der Waals surface area contributed by atoms with E-state index in [1.807, 2.05) is 41.3 Å². The predicted molar refractivity (Wildman–Crippen MR) is 126 cm³/mol. The quantitative estimate of drug-likeness (QED) is 0.580. The second-order valence-electron chi connectivity index (χ2n) is 7.83. The fourth-order valence-corrected chi connectivity index (χ4v) is 3.80. The summed E-state index contributed by atoms with van der Waals surface area (Å²) in [5.41, 5.74) is 2.46. The van der Waals surface area contributed by atoms with E-state index >= 15 is 0 Å². The Morgan fingerprint density at radius 3 is 2.30 bits per heavy atom. The number of halogens is 1. The molecular formula is C26H26FN3O3. The van der Waals surface area contributed by atoms with Gasteiger partial charge >= 0.3 is 0 Å². The number of benzene rings is 3. The standard InChI is InChI=1S/C26H26FN3O3/c27-21-11-12-24(30-13-15-33-16-14-30)22(18-21)28-26(32)23(17-19-7-3-1-4-8-19)29-25(31)20-9-5-2-6-10-20/h1-12,18,23H,13-17H2,(H,28,32)(H,29,31). The van der Waals surface area contributed by atoms with E-state index in [1.165, 1.54) is 12.1 Å². The van der Waals surface area contributed by atoms with Crippen LogP contribution in [-0.4, -0.2) is 44.2 Å². The van der Waals surface area contributed by atoms with E-state index < -0.39 is 17.8 Å². The van der Waals surface area contributed by atoms with Crippen LogP contribution in [-0.2, 0) is 16.0 Å². The maximum atomic E-state index is 14.1. The molecule has 3 aromatic rings. The van der Waals surface area contributed by atoms with Crippen molar-refractivity contribution >= 4 is 23.2 Å². The van der Waals surface area contributed by atoms with Crippen molar-refractivity contribution in [3.05, 3.63) is 95.8 Å². The minimum Gasteiger partial charge on any atom is -0.378 e. The molecular weight excluding hydrogens is 421 g/mol. The lowest BCUT2D eigenvalue weighted by Crippen LogP contribution is -2.45. The van der Waals surface area contributed by atoms with Crippen LogP contribution in [0.25, 0.3) is 0 Å². The van der Waals surface area contributed by atoms with E-state index in [4.69, 9.17) is 4.74 Å². The van der Waals surface area contributed by atoms with Crippen molar-refractivity contribution in [2.45, 2.75) is 12.5 Å². The largest absolute Gasteiger partial charge is 0.378 e. The number of hydrogen-bond donors (Lipinski definition) is 2. The molecule has 33 heavy (non-hydrogen) atoms. The minimum absolute atomic E-state index is 0.299. The number of nitrogens with one attached hydrogen (secondary N) is 2. The average molecular weight is 448 g/mol. The number of carbonyl (C=O) groups excluding carboxylic acids is 2. The third-order valence-corrected chi connectivity index (χ3v) is 5.51. The van der Waals surface area contributed by atoms with Crippen molar-refractivity contribution in [2.75, 3.05) is 36.5 Å². The zero-order valence-corrected chi connectivity index (χ0v) is 18.2. The number of ether oxygens (including phenoxy) is 1. The molecule has 170 valence electrons. The summed E-state index contributed by atoms with van der Waals surface area (Å²) >= 11 is 0. The molecule has 0 spiro atoms. The summed E-state index contributed by atoms with van der Waals surface area (Å²) < 4.78 is 19.5.